The zero-order valence-corrected chi connectivity index (χ0v) is 15.6. The molecule has 27 heavy (non-hydrogen) atoms. The summed E-state index contributed by atoms with van der Waals surface area (Å²) in [7, 11) is 0. The van der Waals surface area contributed by atoms with Crippen molar-refractivity contribution >= 4 is 11.6 Å². The van der Waals surface area contributed by atoms with Crippen LogP contribution < -0.4 is 10.3 Å². The second-order valence-corrected chi connectivity index (χ2v) is 7.14. The third kappa shape index (κ3) is 4.07. The molecule has 142 valence electrons. The summed E-state index contributed by atoms with van der Waals surface area (Å²) in [5.74, 6) is 0.838. The SMILES string of the molecule is Cc1ccc(C2=C[C@H](c3ccco3)N(C(=O)CC[NH+]3CCOCC3)N2)cc1. The van der Waals surface area contributed by atoms with Crippen LogP contribution in [0.2, 0.25) is 0 Å². The van der Waals surface area contributed by atoms with E-state index in [2.05, 4.69) is 42.7 Å². The minimum Gasteiger partial charge on any atom is -0.467 e. The topological polar surface area (TPSA) is 59.2 Å². The number of aryl methyl sites for hydroxylation is 1. The minimum atomic E-state index is -0.233. The molecule has 0 saturated carbocycles. The van der Waals surface area contributed by atoms with Gasteiger partial charge in [0, 0.05) is 0 Å². The summed E-state index contributed by atoms with van der Waals surface area (Å²) in [5.41, 5.74) is 6.51. The fourth-order valence-corrected chi connectivity index (χ4v) is 3.56. The highest BCUT2D eigenvalue weighted by Crippen LogP contribution is 2.31. The molecule has 6 nitrogen and oxygen atoms in total. The van der Waals surface area contributed by atoms with Crippen LogP contribution in [0.15, 0.2) is 53.2 Å². The van der Waals surface area contributed by atoms with Gasteiger partial charge in [-0.15, -0.1) is 0 Å². The number of nitrogens with zero attached hydrogens (tertiary/aromatic N) is 1. The Hall–Kier alpha value is -2.57. The molecular weight excluding hydrogens is 342 g/mol. The van der Waals surface area contributed by atoms with Crippen molar-refractivity contribution in [3.8, 4) is 0 Å². The number of hydrogen-bond acceptors (Lipinski definition) is 4. The molecule has 2 N–H and O–H groups in total. The Kier molecular flexibility index (Phi) is 5.27. The first-order valence-corrected chi connectivity index (χ1v) is 9.53. The quantitative estimate of drug-likeness (QED) is 0.836. The van der Waals surface area contributed by atoms with Gasteiger partial charge in [0.1, 0.15) is 24.9 Å². The predicted molar refractivity (Wildman–Crippen MR) is 102 cm³/mol. The summed E-state index contributed by atoms with van der Waals surface area (Å²) in [4.78, 5) is 14.4. The average molecular weight is 368 g/mol. The lowest BCUT2D eigenvalue weighted by Gasteiger charge is -2.27. The van der Waals surface area contributed by atoms with Gasteiger partial charge in [0.25, 0.3) is 0 Å². The number of furan rings is 1. The number of carbonyl (C=O) groups is 1. The van der Waals surface area contributed by atoms with Crippen LogP contribution in [0.4, 0.5) is 0 Å². The number of hydrazine groups is 1. The van der Waals surface area contributed by atoms with E-state index in [1.807, 2.05) is 12.1 Å². The highest BCUT2D eigenvalue weighted by Gasteiger charge is 2.32. The van der Waals surface area contributed by atoms with Gasteiger partial charge in [-0.2, -0.15) is 0 Å². The average Bonchev–Trinajstić information content (AvgIpc) is 3.37. The summed E-state index contributed by atoms with van der Waals surface area (Å²) in [5, 5.41) is 1.70. The lowest BCUT2D eigenvalue weighted by atomic mass is 10.1. The molecule has 0 unspecified atom stereocenters. The highest BCUT2D eigenvalue weighted by atomic mass is 16.5. The maximum Gasteiger partial charge on any atom is 0.247 e. The van der Waals surface area contributed by atoms with Crippen LogP contribution in [0.25, 0.3) is 5.70 Å². The van der Waals surface area contributed by atoms with Gasteiger partial charge in [-0.25, -0.2) is 5.01 Å². The lowest BCUT2D eigenvalue weighted by Crippen LogP contribution is -3.14. The van der Waals surface area contributed by atoms with Gasteiger partial charge in [0.15, 0.2) is 0 Å². The van der Waals surface area contributed by atoms with E-state index < -0.39 is 0 Å². The van der Waals surface area contributed by atoms with Crippen LogP contribution >= 0.6 is 0 Å². The van der Waals surface area contributed by atoms with E-state index in [1.165, 1.54) is 10.5 Å². The van der Waals surface area contributed by atoms with E-state index in [0.717, 1.165) is 49.9 Å². The molecule has 1 atom stereocenters. The first-order chi connectivity index (χ1) is 13.2. The summed E-state index contributed by atoms with van der Waals surface area (Å²) in [6.45, 7) is 6.38. The van der Waals surface area contributed by atoms with Crippen LogP contribution in [-0.2, 0) is 9.53 Å². The number of carbonyl (C=O) groups excluding carboxylic acids is 1. The molecule has 0 bridgehead atoms. The number of amides is 1. The fourth-order valence-electron chi connectivity index (χ4n) is 3.56. The standard InChI is InChI=1S/C21H25N3O3/c1-16-4-6-17(7-5-16)18-15-19(20-3-2-12-27-20)24(22-18)21(25)8-9-23-10-13-26-14-11-23/h2-7,12,15,19,22H,8-11,13-14H2,1H3/p+1/t19-/m1/s1. The molecular formula is C21H26N3O3+. The van der Waals surface area contributed by atoms with Crippen molar-refractivity contribution in [1.29, 1.82) is 0 Å². The Bertz CT molecular complexity index is 793. The van der Waals surface area contributed by atoms with E-state index in [4.69, 9.17) is 9.15 Å². The van der Waals surface area contributed by atoms with Gasteiger partial charge in [0.2, 0.25) is 5.91 Å². The molecule has 1 saturated heterocycles. The molecule has 2 aromatic rings. The lowest BCUT2D eigenvalue weighted by molar-refractivity contribution is -0.907. The van der Waals surface area contributed by atoms with Crippen LogP contribution in [0, 0.1) is 6.92 Å². The maximum absolute atomic E-state index is 13.0. The number of nitrogens with one attached hydrogen (secondary N) is 2. The van der Waals surface area contributed by atoms with Crippen molar-refractivity contribution < 1.29 is 18.8 Å². The number of ether oxygens (including phenoxy) is 1. The van der Waals surface area contributed by atoms with Crippen molar-refractivity contribution in [2.75, 3.05) is 32.8 Å². The Balaban J connectivity index is 1.48. The van der Waals surface area contributed by atoms with E-state index in [9.17, 15) is 4.79 Å². The van der Waals surface area contributed by atoms with E-state index in [0.29, 0.717) is 6.42 Å². The third-order valence-corrected chi connectivity index (χ3v) is 5.20. The van der Waals surface area contributed by atoms with Gasteiger partial charge in [0.05, 0.1) is 38.1 Å². The Morgan fingerprint density at radius 1 is 1.22 bits per heavy atom. The van der Waals surface area contributed by atoms with E-state index in [1.54, 1.807) is 11.3 Å². The second kappa shape index (κ2) is 7.98. The van der Waals surface area contributed by atoms with Crippen LogP contribution in [-0.4, -0.2) is 43.8 Å². The molecule has 0 spiro atoms. The zero-order valence-electron chi connectivity index (χ0n) is 15.6. The fraction of sp³-hybridized carbons (Fsp3) is 0.381. The Labute approximate surface area is 159 Å². The molecule has 2 aliphatic heterocycles. The Morgan fingerprint density at radius 2 is 2.00 bits per heavy atom. The molecule has 1 fully saturated rings. The molecule has 0 radical (unpaired) electrons. The smallest absolute Gasteiger partial charge is 0.247 e. The first kappa shape index (κ1) is 17.8. The number of morpholine rings is 1. The molecule has 3 heterocycles. The molecule has 6 heteroatoms. The zero-order chi connectivity index (χ0) is 18.6. The number of quaternary nitrogens is 1. The van der Waals surface area contributed by atoms with Gasteiger partial charge < -0.3 is 14.1 Å². The number of rotatable bonds is 5. The summed E-state index contributed by atoms with van der Waals surface area (Å²) in [6, 6.07) is 11.8. The molecule has 1 aromatic carbocycles. The predicted octanol–water partition coefficient (Wildman–Crippen LogP) is 1.32. The summed E-state index contributed by atoms with van der Waals surface area (Å²) < 4.78 is 11.0. The molecule has 2 aliphatic rings. The molecule has 0 aliphatic carbocycles. The van der Waals surface area contributed by atoms with Crippen molar-refractivity contribution in [2.45, 2.75) is 19.4 Å². The van der Waals surface area contributed by atoms with Gasteiger partial charge in [-0.05, 0) is 30.7 Å². The largest absolute Gasteiger partial charge is 0.467 e. The van der Waals surface area contributed by atoms with Crippen molar-refractivity contribution in [3.05, 3.63) is 65.6 Å². The maximum atomic E-state index is 13.0. The van der Waals surface area contributed by atoms with Crippen LogP contribution in [0.5, 0.6) is 0 Å². The monoisotopic (exact) mass is 368 g/mol. The van der Waals surface area contributed by atoms with Gasteiger partial charge >= 0.3 is 0 Å². The number of hydrogen-bond donors (Lipinski definition) is 2. The summed E-state index contributed by atoms with van der Waals surface area (Å²) in [6.07, 6.45) is 4.20. The van der Waals surface area contributed by atoms with Crippen molar-refractivity contribution in [2.24, 2.45) is 0 Å². The van der Waals surface area contributed by atoms with Crippen LogP contribution in [0.1, 0.15) is 29.3 Å². The normalized spacial score (nSPS) is 20.4. The summed E-state index contributed by atoms with van der Waals surface area (Å²) >= 11 is 0. The van der Waals surface area contributed by atoms with E-state index in [-0.39, 0.29) is 11.9 Å². The van der Waals surface area contributed by atoms with Crippen LogP contribution in [0.3, 0.4) is 0 Å². The first-order valence-electron chi connectivity index (χ1n) is 9.53. The third-order valence-electron chi connectivity index (χ3n) is 5.20. The van der Waals surface area contributed by atoms with E-state index >= 15 is 0 Å². The van der Waals surface area contributed by atoms with Gasteiger partial charge in [-0.3, -0.25) is 10.2 Å². The molecule has 4 rings (SSSR count). The Morgan fingerprint density at radius 3 is 2.70 bits per heavy atom. The molecule has 1 aromatic heterocycles. The highest BCUT2D eigenvalue weighted by molar-refractivity contribution is 5.80. The second-order valence-electron chi connectivity index (χ2n) is 7.14. The van der Waals surface area contributed by atoms with Crippen molar-refractivity contribution in [1.82, 2.24) is 10.4 Å². The van der Waals surface area contributed by atoms with Gasteiger partial charge in [-0.1, -0.05) is 29.8 Å². The minimum absolute atomic E-state index is 0.0775. The number of benzene rings is 1. The molecule has 1 amide bonds. The van der Waals surface area contributed by atoms with Crippen molar-refractivity contribution in [3.63, 3.8) is 0 Å².